The Bertz CT molecular complexity index is 512. The van der Waals surface area contributed by atoms with E-state index in [1.807, 2.05) is 0 Å². The van der Waals surface area contributed by atoms with E-state index < -0.39 is 4.92 Å². The van der Waals surface area contributed by atoms with Crippen LogP contribution in [0.1, 0.15) is 0 Å². The summed E-state index contributed by atoms with van der Waals surface area (Å²) in [6.07, 6.45) is 0. The first-order valence-electron chi connectivity index (χ1n) is 4.01. The first kappa shape index (κ1) is 9.08. The Morgan fingerprint density at radius 2 is 2.07 bits per heavy atom. The molecule has 0 saturated carbocycles. The minimum absolute atomic E-state index is 0.0467. The maximum atomic E-state index is 10.5. The van der Waals surface area contributed by atoms with Crippen LogP contribution in [0.4, 0.5) is 5.69 Å². The van der Waals surface area contributed by atoms with Crippen LogP contribution in [0.3, 0.4) is 0 Å². The number of rotatable bonds is 1. The Kier molecular flexibility index (Phi) is 2.17. The molecular weight excluding hydrogens is 206 g/mol. The molecule has 0 aromatic heterocycles. The van der Waals surface area contributed by atoms with Crippen molar-refractivity contribution in [2.45, 2.75) is 0 Å². The van der Waals surface area contributed by atoms with Gasteiger partial charge in [0, 0.05) is 12.1 Å². The van der Waals surface area contributed by atoms with Gasteiger partial charge in [-0.05, 0) is 0 Å². The highest BCUT2D eigenvalue weighted by Crippen LogP contribution is 2.11. The second-order valence-corrected chi connectivity index (χ2v) is 3.22. The Morgan fingerprint density at radius 3 is 2.79 bits per heavy atom. The van der Waals surface area contributed by atoms with E-state index in [0.717, 1.165) is 0 Å². The van der Waals surface area contributed by atoms with E-state index in [2.05, 4.69) is 9.98 Å². The van der Waals surface area contributed by atoms with E-state index >= 15 is 0 Å². The molecule has 0 spiro atoms. The van der Waals surface area contributed by atoms with Crippen molar-refractivity contribution in [1.29, 1.82) is 0 Å². The van der Waals surface area contributed by atoms with Crippen molar-refractivity contribution in [3.05, 3.63) is 38.0 Å². The number of hydrogen-bond donors (Lipinski definition) is 0. The first-order valence-corrected chi connectivity index (χ1v) is 4.39. The van der Waals surface area contributed by atoms with Crippen LogP contribution in [0.25, 0.3) is 0 Å². The molecule has 1 aromatic carbocycles. The Hall–Kier alpha value is -1.49. The van der Waals surface area contributed by atoms with Gasteiger partial charge in [0.25, 0.3) is 5.69 Å². The van der Waals surface area contributed by atoms with Gasteiger partial charge in [-0.2, -0.15) is 0 Å². The molecule has 0 saturated heterocycles. The largest absolute Gasteiger partial charge is 0.281 e. The molecule has 72 valence electrons. The Morgan fingerprint density at radius 1 is 1.36 bits per heavy atom. The normalized spacial score (nSPS) is 13.8. The number of non-ortho nitro benzene ring substituents is 1. The quantitative estimate of drug-likeness (QED) is 0.502. The third-order valence-electron chi connectivity index (χ3n) is 1.89. The van der Waals surface area contributed by atoms with Crippen molar-refractivity contribution in [1.82, 2.24) is 0 Å². The maximum Gasteiger partial charge on any atom is 0.273 e. The van der Waals surface area contributed by atoms with Gasteiger partial charge in [0.15, 0.2) is 0 Å². The van der Waals surface area contributed by atoms with Crippen LogP contribution in [-0.2, 0) is 0 Å². The molecule has 14 heavy (non-hydrogen) atoms. The molecule has 0 aliphatic carbocycles. The van der Waals surface area contributed by atoms with Crippen molar-refractivity contribution in [2.24, 2.45) is 9.98 Å². The van der Waals surface area contributed by atoms with Crippen LogP contribution in [0, 0.1) is 10.1 Å². The third kappa shape index (κ3) is 1.46. The van der Waals surface area contributed by atoms with Crippen LogP contribution in [0.2, 0.25) is 5.02 Å². The molecule has 0 fully saturated rings. The van der Waals surface area contributed by atoms with Crippen molar-refractivity contribution in [3.63, 3.8) is 0 Å². The van der Waals surface area contributed by atoms with Gasteiger partial charge in [-0.1, -0.05) is 11.6 Å². The zero-order chi connectivity index (χ0) is 10.1. The number of nitro benzene ring substituents is 1. The zero-order valence-electron chi connectivity index (χ0n) is 7.11. The average Bonchev–Trinajstić information content (AvgIpc) is 2.17. The van der Waals surface area contributed by atoms with E-state index in [-0.39, 0.29) is 10.7 Å². The summed E-state index contributed by atoms with van der Waals surface area (Å²) < 4.78 is 0. The summed E-state index contributed by atoms with van der Waals surface area (Å²) >= 11 is 5.83. The topological polar surface area (TPSA) is 67.9 Å². The van der Waals surface area contributed by atoms with E-state index in [9.17, 15) is 10.1 Å². The molecule has 1 aromatic rings. The first-order chi connectivity index (χ1) is 6.68. The second-order valence-electron chi connectivity index (χ2n) is 2.82. The molecule has 1 heterocycles. The summed E-state index contributed by atoms with van der Waals surface area (Å²) in [5, 5.41) is 11.9. The van der Waals surface area contributed by atoms with E-state index in [1.165, 1.54) is 12.1 Å². The highest BCUT2D eigenvalue weighted by atomic mass is 35.5. The van der Waals surface area contributed by atoms with Crippen molar-refractivity contribution in [2.75, 3.05) is 13.1 Å². The summed E-state index contributed by atoms with van der Waals surface area (Å²) in [5.41, 5.74) is -0.0467. The zero-order valence-corrected chi connectivity index (χ0v) is 7.86. The third-order valence-corrected chi connectivity index (χ3v) is 2.18. The fourth-order valence-corrected chi connectivity index (χ4v) is 1.55. The van der Waals surface area contributed by atoms with Crippen molar-refractivity contribution in [3.8, 4) is 0 Å². The van der Waals surface area contributed by atoms with E-state index in [1.54, 1.807) is 0 Å². The minimum atomic E-state index is -0.490. The van der Waals surface area contributed by atoms with Gasteiger partial charge in [-0.15, -0.1) is 0 Å². The lowest BCUT2D eigenvalue weighted by Crippen LogP contribution is -2.31. The number of fused-ring (bicyclic) bond motifs is 1. The van der Waals surface area contributed by atoms with Gasteiger partial charge in [-0.25, -0.2) is 0 Å². The van der Waals surface area contributed by atoms with Gasteiger partial charge in [-0.3, -0.25) is 20.1 Å². The lowest BCUT2D eigenvalue weighted by Gasteiger charge is -2.00. The maximum absolute atomic E-state index is 10.5. The minimum Gasteiger partial charge on any atom is -0.281 e. The van der Waals surface area contributed by atoms with Gasteiger partial charge in [0.1, 0.15) is 5.36 Å². The van der Waals surface area contributed by atoms with Gasteiger partial charge in [0.05, 0.1) is 28.4 Å². The number of benzene rings is 1. The number of hydrogen-bond acceptors (Lipinski definition) is 4. The molecule has 0 radical (unpaired) electrons. The molecule has 6 heteroatoms. The Labute approximate surface area is 83.9 Å². The van der Waals surface area contributed by atoms with Crippen LogP contribution >= 0.6 is 11.6 Å². The fraction of sp³-hybridized carbons (Fsp3) is 0.250. The van der Waals surface area contributed by atoms with Gasteiger partial charge < -0.3 is 0 Å². The van der Waals surface area contributed by atoms with E-state index in [0.29, 0.717) is 23.8 Å². The predicted molar refractivity (Wildman–Crippen MR) is 50.2 cm³/mol. The van der Waals surface area contributed by atoms with Crippen LogP contribution < -0.4 is 10.7 Å². The highest BCUT2D eigenvalue weighted by Gasteiger charge is 2.10. The molecule has 0 amide bonds. The molecule has 0 unspecified atom stereocenters. The summed E-state index contributed by atoms with van der Waals surface area (Å²) in [6, 6.07) is 2.69. The predicted octanol–water partition coefficient (Wildman–Crippen LogP) is 0.501. The molecule has 0 N–H and O–H groups in total. The molecule has 2 rings (SSSR count). The van der Waals surface area contributed by atoms with Gasteiger partial charge >= 0.3 is 0 Å². The lowest BCUT2D eigenvalue weighted by atomic mass is 10.3. The monoisotopic (exact) mass is 211 g/mol. The molecule has 5 nitrogen and oxygen atoms in total. The summed E-state index contributed by atoms with van der Waals surface area (Å²) in [6.45, 7) is 1.15. The van der Waals surface area contributed by atoms with Crippen LogP contribution in [-0.4, -0.2) is 18.0 Å². The van der Waals surface area contributed by atoms with E-state index in [4.69, 9.17) is 11.6 Å². The average molecular weight is 212 g/mol. The number of nitro groups is 1. The lowest BCUT2D eigenvalue weighted by molar-refractivity contribution is -0.385. The molecule has 1 aliphatic heterocycles. The highest BCUT2D eigenvalue weighted by molar-refractivity contribution is 6.30. The molecular formula is C8H6ClN3O2. The fourth-order valence-electron chi connectivity index (χ4n) is 1.29. The summed E-state index contributed by atoms with van der Waals surface area (Å²) in [5.74, 6) is 0. The van der Waals surface area contributed by atoms with Gasteiger partial charge in [0.2, 0.25) is 0 Å². The molecule has 0 atom stereocenters. The van der Waals surface area contributed by atoms with Crippen molar-refractivity contribution < 1.29 is 4.92 Å². The second kappa shape index (κ2) is 3.34. The standard InChI is InChI=1S/C8H6ClN3O2/c9-6-3-5(12(13)14)4-7-8(6)11-2-1-10-7/h3-4H,1-2H2. The summed E-state index contributed by atoms with van der Waals surface area (Å²) in [7, 11) is 0. The van der Waals surface area contributed by atoms with Crippen LogP contribution in [0.15, 0.2) is 22.1 Å². The summed E-state index contributed by atoms with van der Waals surface area (Å²) in [4.78, 5) is 18.3. The van der Waals surface area contributed by atoms with Crippen molar-refractivity contribution >= 4 is 17.3 Å². The van der Waals surface area contributed by atoms with Crippen LogP contribution in [0.5, 0.6) is 0 Å². The smallest absolute Gasteiger partial charge is 0.273 e. The SMILES string of the molecule is O=[N+]([O-])c1cc(Cl)c2c(c1)=NCCN=2. The Balaban J connectivity index is 2.77. The number of halogens is 1. The molecule has 1 aliphatic rings. The molecule has 0 bridgehead atoms. The number of nitrogens with zero attached hydrogens (tertiary/aromatic N) is 3.